The monoisotopic (exact) mass is 1160 g/mol. The summed E-state index contributed by atoms with van der Waals surface area (Å²) < 4.78 is 138. The van der Waals surface area contributed by atoms with Gasteiger partial charge in [-0.2, -0.15) is 48.6 Å². The molecule has 7 rings (SSSR count). The number of azo groups is 1. The van der Waals surface area contributed by atoms with Crippen LogP contribution in [0, 0.1) is 0 Å². The quantitative estimate of drug-likeness (QED) is 0.0482. The first-order valence-electron chi connectivity index (χ1n) is 18.3. The fourth-order valence-electron chi connectivity index (χ4n) is 6.08. The molecule has 0 amide bonds. The van der Waals surface area contributed by atoms with E-state index in [-0.39, 0.29) is 152 Å². The van der Waals surface area contributed by atoms with Crippen LogP contribution < -0.4 is 21.8 Å². The molecular formula is C36H26Cl2N12Na4O15S4. The van der Waals surface area contributed by atoms with Gasteiger partial charge in [-0.1, -0.05) is 18.2 Å². The average Bonchev–Trinajstić information content (AvgIpc) is 3.24. The molecular weight excluding hydrogens is 1130 g/mol. The molecule has 0 saturated heterocycles. The molecule has 2 heterocycles. The second kappa shape index (κ2) is 25.2. The summed E-state index contributed by atoms with van der Waals surface area (Å²) >= 11 is 12.3. The molecule has 0 fully saturated rings. The number of aromatic amines is 3. The van der Waals surface area contributed by atoms with E-state index in [0.29, 0.717) is 23.9 Å². The molecule has 0 spiro atoms. The van der Waals surface area contributed by atoms with Gasteiger partial charge in [0.2, 0.25) is 33.4 Å². The summed E-state index contributed by atoms with van der Waals surface area (Å²) in [4.78, 5) is 41.8. The maximum Gasteiger partial charge on any atom is 0.337 e. The second-order valence-corrected chi connectivity index (χ2v) is 20.0. The molecule has 4 radical (unpaired) electrons. The molecule has 0 atom stereocenters. The molecule has 2 aromatic heterocycles. The number of carboxylic acids is 1. The van der Waals surface area contributed by atoms with Crippen molar-refractivity contribution in [3.05, 3.63) is 118 Å². The molecule has 7 aromatic rings. The van der Waals surface area contributed by atoms with E-state index in [2.05, 4.69) is 55.1 Å². The van der Waals surface area contributed by atoms with Gasteiger partial charge in [-0.05, 0) is 95.3 Å². The molecule has 0 aliphatic rings. The Bertz CT molecular complexity index is 4040. The Labute approximate surface area is 509 Å². The van der Waals surface area contributed by atoms with Gasteiger partial charge in [-0.15, -0.1) is 10.2 Å². The topological polar surface area (TPSA) is 426 Å². The smallest absolute Gasteiger partial charge is 0.337 e. The number of rotatable bonds is 12. The summed E-state index contributed by atoms with van der Waals surface area (Å²) in [5, 5.41) is 27.1. The number of aromatic hydroxyl groups is 1. The summed E-state index contributed by atoms with van der Waals surface area (Å²) in [5.41, 5.74) is -4.27. The van der Waals surface area contributed by atoms with E-state index >= 15 is 0 Å². The van der Waals surface area contributed by atoms with Gasteiger partial charge in [0.05, 0.1) is 37.8 Å². The van der Waals surface area contributed by atoms with Crippen molar-refractivity contribution in [1.29, 1.82) is 0 Å². The second-order valence-electron chi connectivity index (χ2n) is 13.7. The number of hydrogen-bond acceptors (Lipinski definition) is 19. The largest absolute Gasteiger partial charge is 0.505 e. The first-order chi connectivity index (χ1) is 32.1. The van der Waals surface area contributed by atoms with E-state index < -0.39 is 116 Å². The molecule has 0 saturated carbocycles. The number of aromatic nitrogens is 6. The van der Waals surface area contributed by atoms with Crippen molar-refractivity contribution in [3.8, 4) is 5.75 Å². The summed E-state index contributed by atoms with van der Waals surface area (Å²) in [5.74, 6) is -2.77. The molecule has 0 aliphatic carbocycles. The van der Waals surface area contributed by atoms with Gasteiger partial charge in [-0.25, -0.2) is 19.8 Å². The van der Waals surface area contributed by atoms with Gasteiger partial charge < -0.3 is 20.1 Å². The zero-order valence-electron chi connectivity index (χ0n) is 37.9. The Balaban J connectivity index is 0.00000352. The number of H-pyrrole nitrogens is 3. The SMILES string of the molecule is CN(c1ccccc1)c1nc(Cl)nc(=Nc2cc(S(=O)(=O)O)cc3cc(S(=O)(=O)O)c(N=Nc4cc(N=c5nc(Cl)[nH]c(=Nc6ccc(S(=O)(=O)O)cc6C(=O)O)[nH]5)ccc4S(=O)(=O)O)c(O)c23)[nH]1.[Na].[Na].[Na].[Na]. The van der Waals surface area contributed by atoms with Gasteiger partial charge in [0.15, 0.2) is 5.75 Å². The van der Waals surface area contributed by atoms with Crippen molar-refractivity contribution < 1.29 is 66.9 Å². The van der Waals surface area contributed by atoms with E-state index in [9.17, 15) is 66.9 Å². The minimum Gasteiger partial charge on any atom is -0.505 e. The van der Waals surface area contributed by atoms with Crippen molar-refractivity contribution in [2.75, 3.05) is 11.9 Å². The number of carboxylic acid groups (broad SMARTS) is 1. The number of hydrogen-bond donors (Lipinski definition) is 9. The Morgan fingerprint density at radius 3 is 1.85 bits per heavy atom. The van der Waals surface area contributed by atoms with Crippen LogP contribution in [0.15, 0.2) is 130 Å². The predicted octanol–water partition coefficient (Wildman–Crippen LogP) is 3.06. The van der Waals surface area contributed by atoms with Crippen molar-refractivity contribution >= 4 is 239 Å². The number of phenolic OH excluding ortho intramolecular Hbond substituents is 1. The number of carbonyl (C=O) groups is 1. The Morgan fingerprint density at radius 2 is 1.25 bits per heavy atom. The summed E-state index contributed by atoms with van der Waals surface area (Å²) in [6, 6.07) is 15.8. The fourth-order valence-corrected chi connectivity index (χ4v) is 8.71. The summed E-state index contributed by atoms with van der Waals surface area (Å²) in [7, 11) is -19.0. The number of aromatic carboxylic acids is 1. The third-order valence-corrected chi connectivity index (χ3v) is 12.9. The minimum absolute atomic E-state index is 0. The number of para-hydroxylation sites is 1. The van der Waals surface area contributed by atoms with Crippen LogP contribution in [-0.4, -0.2) is 223 Å². The Hall–Kier alpha value is -3.33. The Morgan fingerprint density at radius 1 is 0.616 bits per heavy atom. The van der Waals surface area contributed by atoms with Crippen LogP contribution in [0.5, 0.6) is 5.75 Å². The van der Waals surface area contributed by atoms with E-state index in [1.807, 2.05) is 0 Å². The maximum absolute atomic E-state index is 12.8. The van der Waals surface area contributed by atoms with Crippen LogP contribution in [0.4, 0.5) is 40.1 Å². The van der Waals surface area contributed by atoms with E-state index in [1.165, 1.54) is 4.90 Å². The van der Waals surface area contributed by atoms with Crippen LogP contribution in [0.3, 0.4) is 0 Å². The van der Waals surface area contributed by atoms with Gasteiger partial charge in [0.1, 0.15) is 21.2 Å². The molecule has 73 heavy (non-hydrogen) atoms. The Kier molecular flexibility index (Phi) is 22.1. The molecule has 0 unspecified atom stereocenters. The molecule has 9 N–H and O–H groups in total. The van der Waals surface area contributed by atoms with Crippen LogP contribution >= 0.6 is 23.2 Å². The fraction of sp³-hybridized carbons (Fsp3) is 0.0278. The normalized spacial score (nSPS) is 12.7. The standard InChI is InChI=1S/C36H26Cl2N12O15S4.4Na/c1-50(18-5-3-2-4-6-18)36-45-32(38)44-35(47-36)41-24-15-20(67(57,58)59)11-16-12-26(69(63,64)65)28(29(51)27(16)24)49-48-23-13-17(7-10-25(23)68(60,61)62)39-33-42-31(37)43-34(46-33)40-22-9-8-19(66(54,55)56)14-21(22)30(52)53;;;;/h2-15,51H,1H3,(H,52,53)(H,54,55,56)(H,57,58,59)(H,60,61,62)(H,63,64,65)(H,41,44,45,47)(H2,39,40,42,43,46);;;;. The zero-order chi connectivity index (χ0) is 50.4. The molecule has 362 valence electrons. The molecule has 0 bridgehead atoms. The van der Waals surface area contributed by atoms with E-state index in [1.54, 1.807) is 37.4 Å². The zero-order valence-corrected chi connectivity index (χ0v) is 50.6. The molecule has 0 aliphatic heterocycles. The van der Waals surface area contributed by atoms with Crippen LogP contribution in [-0.2, 0) is 40.5 Å². The van der Waals surface area contributed by atoms with Crippen LogP contribution in [0.2, 0.25) is 10.6 Å². The third-order valence-electron chi connectivity index (χ3n) is 9.08. The molecule has 5 aromatic carbocycles. The number of anilines is 2. The van der Waals surface area contributed by atoms with Crippen LogP contribution in [0.25, 0.3) is 10.8 Å². The van der Waals surface area contributed by atoms with Gasteiger partial charge in [0, 0.05) is 131 Å². The van der Waals surface area contributed by atoms with Gasteiger partial charge >= 0.3 is 5.97 Å². The maximum atomic E-state index is 12.8. The van der Waals surface area contributed by atoms with Crippen LogP contribution in [0.1, 0.15) is 10.4 Å². The molecule has 37 heteroatoms. The van der Waals surface area contributed by atoms with Crippen molar-refractivity contribution in [2.24, 2.45) is 25.2 Å². The first kappa shape index (κ1) is 64.0. The number of halogens is 2. The van der Waals surface area contributed by atoms with Crippen molar-refractivity contribution in [2.45, 2.75) is 19.6 Å². The summed E-state index contributed by atoms with van der Waals surface area (Å²) in [6.45, 7) is 0. The van der Waals surface area contributed by atoms with Crippen molar-refractivity contribution in [3.63, 3.8) is 0 Å². The molecule has 27 nitrogen and oxygen atoms in total. The number of phenols is 1. The van der Waals surface area contributed by atoms with Crippen molar-refractivity contribution in [1.82, 2.24) is 29.9 Å². The number of fused-ring (bicyclic) bond motifs is 1. The van der Waals surface area contributed by atoms with E-state index in [0.717, 1.165) is 36.4 Å². The summed E-state index contributed by atoms with van der Waals surface area (Å²) in [6.07, 6.45) is 0. The number of nitrogens with zero attached hydrogens (tertiary/aromatic N) is 9. The minimum atomic E-state index is -5.45. The third kappa shape index (κ3) is 15.6. The van der Waals surface area contributed by atoms with E-state index in [4.69, 9.17) is 23.2 Å². The van der Waals surface area contributed by atoms with Gasteiger partial charge in [-0.3, -0.25) is 28.2 Å². The number of nitrogens with one attached hydrogen (secondary N) is 3. The number of benzene rings is 5. The van der Waals surface area contributed by atoms with Gasteiger partial charge in [0.25, 0.3) is 40.5 Å². The predicted molar refractivity (Wildman–Crippen MR) is 261 cm³/mol. The average molecular weight is 1160 g/mol. The first-order valence-corrected chi connectivity index (χ1v) is 24.8.